The van der Waals surface area contributed by atoms with Crippen LogP contribution in [0.15, 0.2) is 38.9 Å². The summed E-state index contributed by atoms with van der Waals surface area (Å²) in [6, 6.07) is 6.15. The Labute approximate surface area is 115 Å². The third-order valence-electron chi connectivity index (χ3n) is 2.20. The van der Waals surface area contributed by atoms with Gasteiger partial charge in [0.25, 0.3) is 0 Å². The van der Waals surface area contributed by atoms with Gasteiger partial charge >= 0.3 is 0 Å². The summed E-state index contributed by atoms with van der Waals surface area (Å²) in [6.07, 6.45) is 4.42. The maximum Gasteiger partial charge on any atom is 0.0701 e. The lowest BCUT2D eigenvalue weighted by molar-refractivity contribution is 0.725. The van der Waals surface area contributed by atoms with E-state index in [1.807, 2.05) is 18.3 Å². The molecule has 2 N–H and O–H groups in total. The Morgan fingerprint density at radius 1 is 1.31 bits per heavy atom. The molecule has 0 radical (unpaired) electrons. The molecule has 0 saturated carbocycles. The van der Waals surface area contributed by atoms with Gasteiger partial charge in [-0.15, -0.1) is 11.3 Å². The third kappa shape index (κ3) is 3.13. The number of halogens is 2. The molecule has 2 aromatic heterocycles. The fraction of sp³-hybridized carbons (Fsp3) is 0.182. The van der Waals surface area contributed by atoms with Crippen molar-refractivity contribution < 1.29 is 0 Å². The third-order valence-corrected chi connectivity index (χ3v) is 4.28. The van der Waals surface area contributed by atoms with Gasteiger partial charge in [0, 0.05) is 34.2 Å². The first-order valence-electron chi connectivity index (χ1n) is 4.75. The van der Waals surface area contributed by atoms with Crippen LogP contribution in [0, 0.1) is 0 Å². The van der Waals surface area contributed by atoms with E-state index >= 15 is 0 Å². The van der Waals surface area contributed by atoms with Crippen LogP contribution in [0.2, 0.25) is 0 Å². The molecule has 84 valence electrons. The lowest BCUT2D eigenvalue weighted by Crippen LogP contribution is -2.12. The van der Waals surface area contributed by atoms with Crippen LogP contribution >= 0.6 is 43.2 Å². The van der Waals surface area contributed by atoms with E-state index in [1.54, 1.807) is 17.5 Å². The number of thiophene rings is 1. The van der Waals surface area contributed by atoms with Crippen molar-refractivity contribution in [3.05, 3.63) is 49.3 Å². The zero-order valence-electron chi connectivity index (χ0n) is 8.36. The summed E-state index contributed by atoms with van der Waals surface area (Å²) in [4.78, 5) is 5.40. The Hall–Kier alpha value is -0.230. The average molecular weight is 362 g/mol. The lowest BCUT2D eigenvalue weighted by Gasteiger charge is -2.10. The largest absolute Gasteiger partial charge is 0.324 e. The van der Waals surface area contributed by atoms with E-state index < -0.39 is 0 Å². The van der Waals surface area contributed by atoms with Crippen LogP contribution in [0.1, 0.15) is 16.5 Å². The van der Waals surface area contributed by atoms with Crippen molar-refractivity contribution in [2.24, 2.45) is 5.73 Å². The molecule has 5 heteroatoms. The van der Waals surface area contributed by atoms with E-state index in [0.29, 0.717) is 0 Å². The zero-order valence-corrected chi connectivity index (χ0v) is 12.3. The van der Waals surface area contributed by atoms with Crippen molar-refractivity contribution in [3.63, 3.8) is 0 Å². The molecule has 2 nitrogen and oxygen atoms in total. The maximum absolute atomic E-state index is 6.14. The van der Waals surface area contributed by atoms with Gasteiger partial charge < -0.3 is 5.73 Å². The quantitative estimate of drug-likeness (QED) is 0.899. The molecule has 0 aromatic carbocycles. The number of pyridine rings is 1. The molecule has 0 bridgehead atoms. The normalized spacial score (nSPS) is 12.7. The Balaban J connectivity index is 2.11. The lowest BCUT2D eigenvalue weighted by atomic mass is 10.1. The van der Waals surface area contributed by atoms with E-state index in [9.17, 15) is 0 Å². The van der Waals surface area contributed by atoms with Gasteiger partial charge in [0.15, 0.2) is 0 Å². The van der Waals surface area contributed by atoms with E-state index in [0.717, 1.165) is 20.2 Å². The molecule has 1 unspecified atom stereocenters. The molecule has 2 aromatic rings. The summed E-state index contributed by atoms with van der Waals surface area (Å²) in [5.74, 6) is 0. The van der Waals surface area contributed by atoms with Crippen molar-refractivity contribution in [2.75, 3.05) is 0 Å². The molecule has 16 heavy (non-hydrogen) atoms. The van der Waals surface area contributed by atoms with Gasteiger partial charge in [-0.05, 0) is 55.6 Å². The van der Waals surface area contributed by atoms with Gasteiger partial charge in [-0.2, -0.15) is 0 Å². The highest BCUT2D eigenvalue weighted by Gasteiger charge is 2.09. The summed E-state index contributed by atoms with van der Waals surface area (Å²) >= 11 is 8.56. The van der Waals surface area contributed by atoms with Gasteiger partial charge in [-0.1, -0.05) is 0 Å². The summed E-state index contributed by atoms with van der Waals surface area (Å²) in [5.41, 5.74) is 7.19. The number of aromatic nitrogens is 1. The second-order valence-electron chi connectivity index (χ2n) is 3.45. The van der Waals surface area contributed by atoms with E-state index in [-0.39, 0.29) is 6.04 Å². The minimum absolute atomic E-state index is 0.00412. The molecular weight excluding hydrogens is 352 g/mol. The fourth-order valence-electron chi connectivity index (χ4n) is 1.43. The SMILES string of the molecule is NC(Cc1ccc(Br)s1)c1cncc(Br)c1. The number of hydrogen-bond donors (Lipinski definition) is 1. The summed E-state index contributed by atoms with van der Waals surface area (Å²) in [5, 5.41) is 0. The van der Waals surface area contributed by atoms with Crippen LogP contribution in [-0.4, -0.2) is 4.98 Å². The van der Waals surface area contributed by atoms with Crippen molar-refractivity contribution in [1.29, 1.82) is 0 Å². The maximum atomic E-state index is 6.14. The highest BCUT2D eigenvalue weighted by Crippen LogP contribution is 2.26. The second-order valence-corrected chi connectivity index (χ2v) is 6.92. The van der Waals surface area contributed by atoms with Crippen molar-refractivity contribution >= 4 is 43.2 Å². The number of rotatable bonds is 3. The van der Waals surface area contributed by atoms with Crippen LogP contribution in [0.25, 0.3) is 0 Å². The van der Waals surface area contributed by atoms with E-state index in [2.05, 4.69) is 42.9 Å². The molecule has 2 heterocycles. The number of hydrogen-bond acceptors (Lipinski definition) is 3. The van der Waals surface area contributed by atoms with Crippen molar-refractivity contribution in [3.8, 4) is 0 Å². The van der Waals surface area contributed by atoms with E-state index in [1.165, 1.54) is 4.88 Å². The Kier molecular flexibility index (Phi) is 4.13. The minimum Gasteiger partial charge on any atom is -0.324 e. The van der Waals surface area contributed by atoms with Gasteiger partial charge in [0.1, 0.15) is 0 Å². The molecule has 0 fully saturated rings. The molecule has 0 aliphatic rings. The smallest absolute Gasteiger partial charge is 0.0701 e. The first kappa shape index (κ1) is 12.2. The topological polar surface area (TPSA) is 38.9 Å². The highest BCUT2D eigenvalue weighted by atomic mass is 79.9. The Bertz CT molecular complexity index is 484. The monoisotopic (exact) mass is 360 g/mol. The number of nitrogens with two attached hydrogens (primary N) is 1. The first-order chi connectivity index (χ1) is 7.65. The van der Waals surface area contributed by atoms with Crippen LogP contribution in [-0.2, 0) is 6.42 Å². The van der Waals surface area contributed by atoms with Crippen LogP contribution in [0.3, 0.4) is 0 Å². The van der Waals surface area contributed by atoms with Gasteiger partial charge in [-0.3, -0.25) is 4.98 Å². The summed E-state index contributed by atoms with van der Waals surface area (Å²) in [7, 11) is 0. The Morgan fingerprint density at radius 2 is 2.12 bits per heavy atom. The fourth-order valence-corrected chi connectivity index (χ4v) is 3.35. The number of nitrogens with zero attached hydrogens (tertiary/aromatic N) is 1. The van der Waals surface area contributed by atoms with Gasteiger partial charge in [0.2, 0.25) is 0 Å². The molecule has 1 atom stereocenters. The molecule has 0 amide bonds. The Morgan fingerprint density at radius 3 is 2.75 bits per heavy atom. The highest BCUT2D eigenvalue weighted by molar-refractivity contribution is 9.11. The molecular formula is C11H10Br2N2S. The standard InChI is InChI=1S/C11H10Br2N2S/c12-8-3-7(5-15-6-8)10(14)4-9-1-2-11(13)16-9/h1-3,5-6,10H,4,14H2. The van der Waals surface area contributed by atoms with Gasteiger partial charge in [-0.25, -0.2) is 0 Å². The summed E-state index contributed by atoms with van der Waals surface area (Å²) < 4.78 is 2.11. The second kappa shape index (κ2) is 5.40. The van der Waals surface area contributed by atoms with Crippen molar-refractivity contribution in [1.82, 2.24) is 4.98 Å². The molecule has 0 spiro atoms. The van der Waals surface area contributed by atoms with Crippen molar-refractivity contribution in [2.45, 2.75) is 12.5 Å². The van der Waals surface area contributed by atoms with Crippen LogP contribution in [0.4, 0.5) is 0 Å². The summed E-state index contributed by atoms with van der Waals surface area (Å²) in [6.45, 7) is 0. The van der Waals surface area contributed by atoms with Crippen LogP contribution in [0.5, 0.6) is 0 Å². The predicted molar refractivity (Wildman–Crippen MR) is 74.6 cm³/mol. The molecule has 0 saturated heterocycles. The molecule has 0 aliphatic heterocycles. The predicted octanol–water partition coefficient (Wildman–Crippen LogP) is 3.91. The van der Waals surface area contributed by atoms with Gasteiger partial charge in [0.05, 0.1) is 3.79 Å². The first-order valence-corrected chi connectivity index (χ1v) is 7.15. The average Bonchev–Trinajstić information content (AvgIpc) is 2.64. The molecule has 2 rings (SSSR count). The zero-order chi connectivity index (χ0) is 11.5. The van der Waals surface area contributed by atoms with E-state index in [4.69, 9.17) is 5.73 Å². The minimum atomic E-state index is -0.00412. The van der Waals surface area contributed by atoms with Crippen LogP contribution < -0.4 is 5.73 Å². The molecule has 0 aliphatic carbocycles.